The molecule has 0 aliphatic carbocycles. The highest BCUT2D eigenvalue weighted by Gasteiger charge is 2.28. The minimum Gasteiger partial charge on any atom is -0.312 e. The van der Waals surface area contributed by atoms with Crippen LogP contribution in [-0.2, 0) is 12.0 Å². The molecule has 2 rings (SSSR count). The van der Waals surface area contributed by atoms with E-state index in [4.69, 9.17) is 0 Å². The average molecular weight is 181 g/mol. The first-order valence-corrected chi connectivity index (χ1v) is 5.22. The lowest BCUT2D eigenvalue weighted by Gasteiger charge is -2.30. The van der Waals surface area contributed by atoms with Gasteiger partial charge < -0.3 is 5.32 Å². The summed E-state index contributed by atoms with van der Waals surface area (Å²) in [7, 11) is 0. The maximum Gasteiger partial charge on any atom is 0.0217 e. The van der Waals surface area contributed by atoms with Crippen LogP contribution >= 0.6 is 11.3 Å². The molecule has 0 saturated heterocycles. The molecule has 2 heteroatoms. The minimum atomic E-state index is 0.340. The first-order valence-electron chi connectivity index (χ1n) is 4.40. The Labute approximate surface area is 77.8 Å². The van der Waals surface area contributed by atoms with Gasteiger partial charge in [-0.25, -0.2) is 0 Å². The number of hydrogen-bond donors (Lipinski definition) is 1. The molecule has 1 aromatic heterocycles. The number of nitrogens with one attached hydrogen (secondary N) is 1. The molecule has 0 bridgehead atoms. The normalized spacial score (nSPS) is 20.6. The second kappa shape index (κ2) is 2.57. The quantitative estimate of drug-likeness (QED) is 0.648. The third-order valence-corrected chi connectivity index (χ3v) is 3.89. The van der Waals surface area contributed by atoms with E-state index in [1.807, 2.05) is 11.3 Å². The van der Waals surface area contributed by atoms with E-state index in [1.165, 1.54) is 10.4 Å². The van der Waals surface area contributed by atoms with Crippen molar-refractivity contribution in [2.24, 2.45) is 0 Å². The third-order valence-electron chi connectivity index (χ3n) is 2.43. The molecular formula is C10H15NS. The minimum absolute atomic E-state index is 0.340. The zero-order chi connectivity index (χ0) is 8.77. The molecule has 1 aliphatic heterocycles. The average Bonchev–Trinajstić information content (AvgIpc) is 2.30. The Morgan fingerprint density at radius 3 is 2.92 bits per heavy atom. The van der Waals surface area contributed by atoms with E-state index in [9.17, 15) is 0 Å². The predicted octanol–water partition coefficient (Wildman–Crippen LogP) is 2.44. The highest BCUT2D eigenvalue weighted by Crippen LogP contribution is 2.35. The lowest BCUT2D eigenvalue weighted by molar-refractivity contribution is 0.445. The van der Waals surface area contributed by atoms with Gasteiger partial charge in [-0.05, 0) is 18.6 Å². The Hall–Kier alpha value is -0.340. The monoisotopic (exact) mass is 181 g/mol. The Bertz CT molecular complexity index is 299. The molecule has 1 N–H and O–H groups in total. The molecule has 1 aliphatic rings. The second-order valence-corrected chi connectivity index (χ2v) is 5.46. The Balaban J connectivity index is 2.51. The van der Waals surface area contributed by atoms with Crippen LogP contribution < -0.4 is 5.32 Å². The summed E-state index contributed by atoms with van der Waals surface area (Å²) in [6.45, 7) is 8.99. The van der Waals surface area contributed by atoms with Crippen molar-refractivity contribution in [3.63, 3.8) is 0 Å². The molecule has 0 unspecified atom stereocenters. The molecule has 66 valence electrons. The van der Waals surface area contributed by atoms with Gasteiger partial charge in [0.05, 0.1) is 0 Å². The third kappa shape index (κ3) is 1.19. The second-order valence-electron chi connectivity index (χ2n) is 4.20. The van der Waals surface area contributed by atoms with Crippen LogP contribution in [0.1, 0.15) is 29.2 Å². The van der Waals surface area contributed by atoms with Crippen molar-refractivity contribution in [2.45, 2.75) is 32.7 Å². The Kier molecular flexibility index (Phi) is 1.77. The van der Waals surface area contributed by atoms with E-state index in [1.54, 1.807) is 4.88 Å². The van der Waals surface area contributed by atoms with Crippen molar-refractivity contribution < 1.29 is 0 Å². The van der Waals surface area contributed by atoms with Crippen molar-refractivity contribution in [3.8, 4) is 0 Å². The van der Waals surface area contributed by atoms with Crippen LogP contribution in [0.15, 0.2) is 6.07 Å². The van der Waals surface area contributed by atoms with E-state index in [0.717, 1.165) is 13.1 Å². The van der Waals surface area contributed by atoms with Gasteiger partial charge in [0.25, 0.3) is 0 Å². The fourth-order valence-electron chi connectivity index (χ4n) is 1.86. The Morgan fingerprint density at radius 1 is 1.50 bits per heavy atom. The SMILES string of the molecule is Cc1cc2c(s1)C(C)(C)CNC2. The summed E-state index contributed by atoms with van der Waals surface area (Å²) in [5.74, 6) is 0. The van der Waals surface area contributed by atoms with Crippen molar-refractivity contribution in [1.29, 1.82) is 0 Å². The summed E-state index contributed by atoms with van der Waals surface area (Å²) in [5, 5.41) is 3.45. The molecule has 0 spiro atoms. The van der Waals surface area contributed by atoms with Crippen LogP contribution in [0.25, 0.3) is 0 Å². The molecule has 0 radical (unpaired) electrons. The van der Waals surface area contributed by atoms with E-state index in [0.29, 0.717) is 5.41 Å². The van der Waals surface area contributed by atoms with Gasteiger partial charge in [0, 0.05) is 28.3 Å². The van der Waals surface area contributed by atoms with Gasteiger partial charge in [-0.1, -0.05) is 13.8 Å². The highest BCUT2D eigenvalue weighted by molar-refractivity contribution is 7.12. The van der Waals surface area contributed by atoms with Crippen LogP contribution in [0.4, 0.5) is 0 Å². The van der Waals surface area contributed by atoms with Crippen LogP contribution in [0.2, 0.25) is 0 Å². The Morgan fingerprint density at radius 2 is 2.25 bits per heavy atom. The van der Waals surface area contributed by atoms with Gasteiger partial charge in [-0.15, -0.1) is 11.3 Å². The lowest BCUT2D eigenvalue weighted by atomic mass is 9.86. The maximum atomic E-state index is 3.45. The van der Waals surface area contributed by atoms with E-state index >= 15 is 0 Å². The topological polar surface area (TPSA) is 12.0 Å². The fourth-order valence-corrected chi connectivity index (χ4v) is 2.99. The van der Waals surface area contributed by atoms with Crippen molar-refractivity contribution >= 4 is 11.3 Å². The molecule has 0 amide bonds. The van der Waals surface area contributed by atoms with Crippen LogP contribution in [0.5, 0.6) is 0 Å². The summed E-state index contributed by atoms with van der Waals surface area (Å²) in [5.41, 5.74) is 1.85. The molecule has 0 atom stereocenters. The molecule has 0 saturated carbocycles. The molecule has 0 aromatic carbocycles. The number of rotatable bonds is 0. The fraction of sp³-hybridized carbons (Fsp3) is 0.600. The van der Waals surface area contributed by atoms with Gasteiger partial charge in [0.2, 0.25) is 0 Å². The summed E-state index contributed by atoms with van der Waals surface area (Å²) >= 11 is 1.96. The molecule has 0 fully saturated rings. The molecule has 1 nitrogen and oxygen atoms in total. The first kappa shape index (κ1) is 8.27. The maximum absolute atomic E-state index is 3.45. The number of hydrogen-bond acceptors (Lipinski definition) is 2. The van der Waals surface area contributed by atoms with Gasteiger partial charge in [-0.2, -0.15) is 0 Å². The highest BCUT2D eigenvalue weighted by atomic mass is 32.1. The number of aryl methyl sites for hydroxylation is 1. The van der Waals surface area contributed by atoms with Crippen molar-refractivity contribution in [3.05, 3.63) is 21.4 Å². The van der Waals surface area contributed by atoms with Crippen LogP contribution in [-0.4, -0.2) is 6.54 Å². The molecule has 12 heavy (non-hydrogen) atoms. The molecule has 1 aromatic rings. The predicted molar refractivity (Wildman–Crippen MR) is 53.8 cm³/mol. The number of thiophene rings is 1. The zero-order valence-electron chi connectivity index (χ0n) is 7.90. The largest absolute Gasteiger partial charge is 0.312 e. The van der Waals surface area contributed by atoms with E-state index in [-0.39, 0.29) is 0 Å². The first-order chi connectivity index (χ1) is 5.59. The zero-order valence-corrected chi connectivity index (χ0v) is 8.72. The summed E-state index contributed by atoms with van der Waals surface area (Å²) < 4.78 is 0. The molecule has 2 heterocycles. The van der Waals surface area contributed by atoms with Gasteiger partial charge in [0.1, 0.15) is 0 Å². The summed E-state index contributed by atoms with van der Waals surface area (Å²) in [6.07, 6.45) is 0. The standard InChI is InChI=1S/C10H15NS/c1-7-4-8-5-11-6-10(2,3)9(8)12-7/h4,11H,5-6H2,1-3H3. The van der Waals surface area contributed by atoms with Crippen molar-refractivity contribution in [2.75, 3.05) is 6.54 Å². The summed E-state index contributed by atoms with van der Waals surface area (Å²) in [6, 6.07) is 2.31. The lowest BCUT2D eigenvalue weighted by Crippen LogP contribution is -2.37. The van der Waals surface area contributed by atoms with Crippen molar-refractivity contribution in [1.82, 2.24) is 5.32 Å². The molecular weight excluding hydrogens is 166 g/mol. The van der Waals surface area contributed by atoms with E-state index < -0.39 is 0 Å². The smallest absolute Gasteiger partial charge is 0.0217 e. The van der Waals surface area contributed by atoms with E-state index in [2.05, 4.69) is 32.2 Å². The number of fused-ring (bicyclic) bond motifs is 1. The van der Waals surface area contributed by atoms with Gasteiger partial charge >= 0.3 is 0 Å². The summed E-state index contributed by atoms with van der Waals surface area (Å²) in [4.78, 5) is 3.02. The van der Waals surface area contributed by atoms with Gasteiger partial charge in [0.15, 0.2) is 0 Å². The van der Waals surface area contributed by atoms with Crippen LogP contribution in [0, 0.1) is 6.92 Å². The van der Waals surface area contributed by atoms with Gasteiger partial charge in [-0.3, -0.25) is 0 Å². The van der Waals surface area contributed by atoms with Crippen LogP contribution in [0.3, 0.4) is 0 Å².